The number of rotatable bonds is 27. The van der Waals surface area contributed by atoms with Crippen molar-refractivity contribution in [3.63, 3.8) is 0 Å². The fraction of sp³-hybridized carbons (Fsp3) is 0.489. The molecule has 0 aliphatic carbocycles. The average Bonchev–Trinajstić information content (AvgIpc) is 3.20. The molecule has 3 aromatic carbocycles. The molecule has 10 nitrogen and oxygen atoms in total. The molecule has 1 atom stereocenters. The lowest BCUT2D eigenvalue weighted by molar-refractivity contribution is -0.145. The van der Waals surface area contributed by atoms with E-state index < -0.39 is 29.8 Å². The molecule has 3 N–H and O–H groups in total. The molecule has 0 fully saturated rings. The van der Waals surface area contributed by atoms with E-state index in [0.717, 1.165) is 24.8 Å². The van der Waals surface area contributed by atoms with Gasteiger partial charge in [0, 0.05) is 29.8 Å². The van der Waals surface area contributed by atoms with Gasteiger partial charge in [0.05, 0.1) is 12.7 Å². The van der Waals surface area contributed by atoms with Gasteiger partial charge in [-0.15, -0.1) is 0 Å². The zero-order chi connectivity index (χ0) is 39.5. The van der Waals surface area contributed by atoms with Crippen molar-refractivity contribution in [1.29, 1.82) is 0 Å². The van der Waals surface area contributed by atoms with Crippen LogP contribution < -0.4 is 16.0 Å². The van der Waals surface area contributed by atoms with Gasteiger partial charge in [-0.3, -0.25) is 19.2 Å². The Morgan fingerprint density at radius 1 is 0.600 bits per heavy atom. The molecule has 0 unspecified atom stereocenters. The molecule has 3 rings (SSSR count). The van der Waals surface area contributed by atoms with Gasteiger partial charge >= 0.3 is 11.9 Å². The zero-order valence-corrected chi connectivity index (χ0v) is 32.9. The summed E-state index contributed by atoms with van der Waals surface area (Å²) < 4.78 is 10.1. The first kappa shape index (κ1) is 44.4. The number of amides is 3. The number of esters is 2. The lowest BCUT2D eigenvalue weighted by atomic mass is 10.0. The van der Waals surface area contributed by atoms with E-state index in [0.29, 0.717) is 17.8 Å². The highest BCUT2D eigenvalue weighted by Crippen LogP contribution is 2.17. The molecule has 0 saturated heterocycles. The number of carbonyl (C=O) groups is 5. The Morgan fingerprint density at radius 3 is 1.80 bits per heavy atom. The van der Waals surface area contributed by atoms with Crippen LogP contribution in [0.2, 0.25) is 0 Å². The number of hydrogen-bond acceptors (Lipinski definition) is 7. The molecule has 10 heteroatoms. The second-order valence-electron chi connectivity index (χ2n) is 14.1. The summed E-state index contributed by atoms with van der Waals surface area (Å²) in [6.45, 7) is 2.35. The number of anilines is 2. The molecule has 0 saturated carbocycles. The number of carbonyl (C=O) groups excluding carboxylic acids is 5. The highest BCUT2D eigenvalue weighted by molar-refractivity contribution is 6.02. The zero-order valence-electron chi connectivity index (χ0n) is 32.9. The SMILES string of the molecule is CCCCCCCCCCCCCCCCCC(=O)Nc1ccc(C(=O)N[C@@H](CCC(=O)OCc2ccccc2)C(=O)Nc2cccc(C(=O)OC)c2)cc1. The van der Waals surface area contributed by atoms with Gasteiger partial charge in [0.1, 0.15) is 12.6 Å². The van der Waals surface area contributed by atoms with Crippen molar-refractivity contribution in [2.24, 2.45) is 0 Å². The van der Waals surface area contributed by atoms with Crippen LogP contribution in [0.1, 0.15) is 149 Å². The van der Waals surface area contributed by atoms with Crippen molar-refractivity contribution in [1.82, 2.24) is 5.32 Å². The monoisotopic (exact) mass is 755 g/mol. The molecule has 0 bridgehead atoms. The normalized spacial score (nSPS) is 11.3. The third kappa shape index (κ3) is 18.7. The van der Waals surface area contributed by atoms with Crippen LogP contribution >= 0.6 is 0 Å². The van der Waals surface area contributed by atoms with Crippen LogP contribution in [0.5, 0.6) is 0 Å². The minimum Gasteiger partial charge on any atom is -0.465 e. The van der Waals surface area contributed by atoms with Crippen LogP contribution in [0.15, 0.2) is 78.9 Å². The predicted octanol–water partition coefficient (Wildman–Crippen LogP) is 9.93. The molecule has 0 aliphatic heterocycles. The molecule has 3 aromatic rings. The summed E-state index contributed by atoms with van der Waals surface area (Å²) in [5.41, 5.74) is 2.24. The Balaban J connectivity index is 1.42. The molecule has 0 radical (unpaired) electrons. The Kier molecular flexibility index (Phi) is 21.6. The van der Waals surface area contributed by atoms with Crippen molar-refractivity contribution in [3.05, 3.63) is 95.6 Å². The Labute approximate surface area is 327 Å². The lowest BCUT2D eigenvalue weighted by Gasteiger charge is -2.19. The van der Waals surface area contributed by atoms with Crippen molar-refractivity contribution in [2.45, 2.75) is 135 Å². The van der Waals surface area contributed by atoms with Gasteiger partial charge in [0.2, 0.25) is 11.8 Å². The van der Waals surface area contributed by atoms with Gasteiger partial charge in [0.25, 0.3) is 5.91 Å². The first-order valence-corrected chi connectivity index (χ1v) is 20.2. The highest BCUT2D eigenvalue weighted by atomic mass is 16.5. The van der Waals surface area contributed by atoms with E-state index >= 15 is 0 Å². The first-order valence-electron chi connectivity index (χ1n) is 20.2. The minimum atomic E-state index is -1.10. The number of hydrogen-bond donors (Lipinski definition) is 3. The van der Waals surface area contributed by atoms with Crippen LogP contribution in [0.3, 0.4) is 0 Å². The van der Waals surface area contributed by atoms with Gasteiger partial charge in [0.15, 0.2) is 0 Å². The number of benzene rings is 3. The van der Waals surface area contributed by atoms with Crippen LogP contribution in [-0.4, -0.2) is 42.8 Å². The topological polar surface area (TPSA) is 140 Å². The van der Waals surface area contributed by atoms with Crippen molar-refractivity contribution < 1.29 is 33.4 Å². The van der Waals surface area contributed by atoms with E-state index in [1.54, 1.807) is 42.5 Å². The summed E-state index contributed by atoms with van der Waals surface area (Å²) in [7, 11) is 1.26. The van der Waals surface area contributed by atoms with E-state index in [2.05, 4.69) is 22.9 Å². The fourth-order valence-electron chi connectivity index (χ4n) is 6.24. The van der Waals surface area contributed by atoms with E-state index in [1.165, 1.54) is 90.2 Å². The quantitative estimate of drug-likeness (QED) is 0.0520. The van der Waals surface area contributed by atoms with E-state index in [1.807, 2.05) is 30.3 Å². The number of nitrogens with one attached hydrogen (secondary N) is 3. The minimum absolute atomic E-state index is 0.0324. The van der Waals surface area contributed by atoms with Crippen molar-refractivity contribution in [3.8, 4) is 0 Å². The molecule has 0 aliphatic rings. The van der Waals surface area contributed by atoms with Crippen LogP contribution in [0.25, 0.3) is 0 Å². The van der Waals surface area contributed by atoms with Gasteiger partial charge in [-0.2, -0.15) is 0 Å². The Hall–Kier alpha value is -4.99. The molecule has 0 heterocycles. The summed E-state index contributed by atoms with van der Waals surface area (Å²) in [6, 6.07) is 20.8. The second-order valence-corrected chi connectivity index (χ2v) is 14.1. The van der Waals surface area contributed by atoms with Crippen LogP contribution in [-0.2, 0) is 30.5 Å². The number of ether oxygens (including phenoxy) is 2. The average molecular weight is 756 g/mol. The largest absolute Gasteiger partial charge is 0.465 e. The maximum absolute atomic E-state index is 13.4. The molecular weight excluding hydrogens is 695 g/mol. The lowest BCUT2D eigenvalue weighted by Crippen LogP contribution is -2.44. The molecular formula is C45H61N3O7. The maximum atomic E-state index is 13.4. The number of methoxy groups -OCH3 is 1. The van der Waals surface area contributed by atoms with E-state index in [9.17, 15) is 24.0 Å². The second kappa shape index (κ2) is 26.7. The van der Waals surface area contributed by atoms with E-state index in [4.69, 9.17) is 9.47 Å². The van der Waals surface area contributed by atoms with Crippen LogP contribution in [0.4, 0.5) is 11.4 Å². The standard InChI is InChI=1S/C45H61N3O7/c1-3-4-5-6-7-8-9-10-11-12-13-14-15-16-20-26-41(49)46-38-29-27-36(28-30-38)43(51)48-40(31-32-42(50)55-34-35-22-18-17-19-23-35)44(52)47-39-25-21-24-37(33-39)45(53)54-2/h17-19,21-25,27-30,33,40H,3-16,20,26,31-32,34H2,1-2H3,(H,46,49)(H,47,52)(H,48,51)/t40-/m0/s1. The van der Waals surface area contributed by atoms with E-state index in [-0.39, 0.29) is 36.5 Å². The third-order valence-electron chi connectivity index (χ3n) is 9.49. The molecule has 0 aromatic heterocycles. The van der Waals surface area contributed by atoms with Gasteiger partial charge in [-0.05, 0) is 60.9 Å². The van der Waals surface area contributed by atoms with Crippen LogP contribution in [0, 0.1) is 0 Å². The third-order valence-corrected chi connectivity index (χ3v) is 9.49. The van der Waals surface area contributed by atoms with Gasteiger partial charge < -0.3 is 25.4 Å². The summed E-state index contributed by atoms with van der Waals surface area (Å²) >= 11 is 0. The molecule has 55 heavy (non-hydrogen) atoms. The highest BCUT2D eigenvalue weighted by Gasteiger charge is 2.24. The molecule has 3 amide bonds. The fourth-order valence-corrected chi connectivity index (χ4v) is 6.24. The predicted molar refractivity (Wildman–Crippen MR) is 218 cm³/mol. The molecule has 0 spiro atoms. The number of unbranched alkanes of at least 4 members (excludes halogenated alkanes) is 14. The Morgan fingerprint density at radius 2 is 1.20 bits per heavy atom. The summed E-state index contributed by atoms with van der Waals surface area (Å²) in [5, 5.41) is 8.34. The Bertz CT molecular complexity index is 1590. The van der Waals surface area contributed by atoms with Crippen molar-refractivity contribution >= 4 is 41.0 Å². The van der Waals surface area contributed by atoms with Crippen molar-refractivity contribution in [2.75, 3.05) is 17.7 Å². The van der Waals surface area contributed by atoms with Gasteiger partial charge in [-0.1, -0.05) is 133 Å². The maximum Gasteiger partial charge on any atom is 0.337 e. The first-order chi connectivity index (χ1) is 26.8. The smallest absolute Gasteiger partial charge is 0.337 e. The summed E-state index contributed by atoms with van der Waals surface area (Å²) in [4.78, 5) is 63.8. The van der Waals surface area contributed by atoms with Gasteiger partial charge in [-0.25, -0.2) is 4.79 Å². The summed E-state index contributed by atoms with van der Waals surface area (Å²) in [5.74, 6) is -2.26. The molecule has 298 valence electrons. The summed E-state index contributed by atoms with van der Waals surface area (Å²) in [6.07, 6.45) is 19.3.